The van der Waals surface area contributed by atoms with Crippen LogP contribution in [-0.4, -0.2) is 54.1 Å². The number of nitrogens with two attached hydrogens (primary N) is 1. The zero-order chi connectivity index (χ0) is 20.7. The number of rotatable bonds is 5. The minimum absolute atomic E-state index is 0. The molecule has 2 unspecified atom stereocenters. The van der Waals surface area contributed by atoms with E-state index in [1.54, 1.807) is 13.0 Å². The Labute approximate surface area is 179 Å². The van der Waals surface area contributed by atoms with Crippen molar-refractivity contribution in [1.29, 1.82) is 0 Å². The Morgan fingerprint density at radius 1 is 1.31 bits per heavy atom. The maximum atomic E-state index is 13.1. The molecule has 0 radical (unpaired) electrons. The lowest BCUT2D eigenvalue weighted by atomic mass is 9.54. The molecular formula is C21H34ClN3O4. The van der Waals surface area contributed by atoms with E-state index in [1.807, 2.05) is 32.6 Å². The van der Waals surface area contributed by atoms with Crippen LogP contribution in [0.1, 0.15) is 61.9 Å². The summed E-state index contributed by atoms with van der Waals surface area (Å²) in [6.45, 7) is 11.4. The first kappa shape index (κ1) is 23.7. The largest absolute Gasteiger partial charge is 0.466 e. The number of nitrogens with zero attached hydrogens (tertiary/aromatic N) is 1. The molecule has 1 saturated carbocycles. The van der Waals surface area contributed by atoms with E-state index in [4.69, 9.17) is 14.9 Å². The second-order valence-corrected chi connectivity index (χ2v) is 8.71. The van der Waals surface area contributed by atoms with E-state index in [2.05, 4.69) is 5.32 Å². The Hall–Kier alpha value is -1.57. The molecule has 0 spiro atoms. The van der Waals surface area contributed by atoms with Gasteiger partial charge in [0.2, 0.25) is 5.91 Å². The smallest absolute Gasteiger partial charge is 0.255 e. The molecule has 29 heavy (non-hydrogen) atoms. The molecule has 8 heteroatoms. The summed E-state index contributed by atoms with van der Waals surface area (Å²) in [6.07, 6.45) is 2.02. The molecule has 3 rings (SSSR count). The topological polar surface area (TPSA) is 97.8 Å². The van der Waals surface area contributed by atoms with Gasteiger partial charge in [-0.25, -0.2) is 0 Å². The van der Waals surface area contributed by atoms with Crippen molar-refractivity contribution in [1.82, 2.24) is 10.2 Å². The summed E-state index contributed by atoms with van der Waals surface area (Å²) in [4.78, 5) is 27.4. The fraction of sp³-hybridized carbons (Fsp3) is 0.714. The maximum Gasteiger partial charge on any atom is 0.255 e. The fourth-order valence-electron chi connectivity index (χ4n) is 4.43. The first-order valence-electron chi connectivity index (χ1n) is 10.2. The molecule has 2 fully saturated rings. The highest BCUT2D eigenvalue weighted by molar-refractivity contribution is 5.95. The summed E-state index contributed by atoms with van der Waals surface area (Å²) in [5.41, 5.74) is 5.85. The van der Waals surface area contributed by atoms with Crippen LogP contribution in [-0.2, 0) is 9.53 Å². The lowest BCUT2D eigenvalue weighted by molar-refractivity contribution is -0.180. The Balaban J connectivity index is 0.00000300. The lowest BCUT2D eigenvalue weighted by Gasteiger charge is -2.59. The maximum absolute atomic E-state index is 13.1. The van der Waals surface area contributed by atoms with Crippen molar-refractivity contribution in [3.05, 3.63) is 23.2 Å². The van der Waals surface area contributed by atoms with Crippen LogP contribution in [0, 0.1) is 19.3 Å². The van der Waals surface area contributed by atoms with Crippen LogP contribution in [0.5, 0.6) is 0 Å². The van der Waals surface area contributed by atoms with E-state index in [1.165, 1.54) is 0 Å². The van der Waals surface area contributed by atoms with Crippen LogP contribution in [0.15, 0.2) is 10.5 Å². The molecule has 1 saturated heterocycles. The van der Waals surface area contributed by atoms with Gasteiger partial charge in [0.1, 0.15) is 17.1 Å². The van der Waals surface area contributed by atoms with Crippen LogP contribution in [0.4, 0.5) is 0 Å². The highest BCUT2D eigenvalue weighted by Crippen LogP contribution is 2.50. The van der Waals surface area contributed by atoms with Crippen molar-refractivity contribution in [2.24, 2.45) is 11.1 Å². The quantitative estimate of drug-likeness (QED) is 0.752. The van der Waals surface area contributed by atoms with E-state index < -0.39 is 5.54 Å². The van der Waals surface area contributed by atoms with Gasteiger partial charge in [-0.05, 0) is 39.7 Å². The number of furan rings is 1. The van der Waals surface area contributed by atoms with Gasteiger partial charge in [0.15, 0.2) is 0 Å². The normalized spacial score (nSPS) is 26.4. The summed E-state index contributed by atoms with van der Waals surface area (Å²) >= 11 is 0. The predicted octanol–water partition coefficient (Wildman–Crippen LogP) is 2.57. The molecule has 1 aromatic heterocycles. The number of hydrogen-bond donors (Lipinski definition) is 2. The van der Waals surface area contributed by atoms with E-state index in [-0.39, 0.29) is 41.8 Å². The zero-order valence-corrected chi connectivity index (χ0v) is 18.9. The standard InChI is InChI=1S/C21H33N3O4.ClH/c1-6-27-17-12-21(22,20(17,4)5)19(26)24-9-7-15(8-10-24)23-18(25)16-11-13(2)28-14(16)3;/h11,15,17H,6-10,12,22H2,1-5H3,(H,23,25);1H. The fourth-order valence-corrected chi connectivity index (χ4v) is 4.43. The molecule has 1 aliphatic heterocycles. The summed E-state index contributed by atoms with van der Waals surface area (Å²) in [7, 11) is 0. The van der Waals surface area contributed by atoms with Gasteiger partial charge in [-0.1, -0.05) is 13.8 Å². The van der Waals surface area contributed by atoms with Crippen LogP contribution in [0.2, 0.25) is 0 Å². The van der Waals surface area contributed by atoms with Crippen molar-refractivity contribution in [2.75, 3.05) is 19.7 Å². The summed E-state index contributed by atoms with van der Waals surface area (Å²) in [5, 5.41) is 3.07. The van der Waals surface area contributed by atoms with Gasteiger partial charge in [0.05, 0.1) is 11.7 Å². The number of amides is 2. The summed E-state index contributed by atoms with van der Waals surface area (Å²) < 4.78 is 11.2. The first-order valence-corrected chi connectivity index (χ1v) is 10.2. The number of ether oxygens (including phenoxy) is 1. The molecule has 0 bridgehead atoms. The van der Waals surface area contributed by atoms with Gasteiger partial charge in [0.25, 0.3) is 5.91 Å². The third-order valence-corrected chi connectivity index (χ3v) is 6.61. The molecule has 3 N–H and O–H groups in total. The zero-order valence-electron chi connectivity index (χ0n) is 18.0. The third kappa shape index (κ3) is 4.18. The minimum Gasteiger partial charge on any atom is -0.466 e. The van der Waals surface area contributed by atoms with Gasteiger partial charge in [0, 0.05) is 37.6 Å². The molecule has 2 atom stereocenters. The lowest BCUT2D eigenvalue weighted by Crippen LogP contribution is -2.76. The molecule has 1 aliphatic carbocycles. The average Bonchev–Trinajstić information content (AvgIpc) is 2.99. The molecule has 0 aromatic carbocycles. The Morgan fingerprint density at radius 3 is 2.41 bits per heavy atom. The number of carbonyl (C=O) groups excluding carboxylic acids is 2. The second kappa shape index (κ2) is 8.66. The summed E-state index contributed by atoms with van der Waals surface area (Å²) in [6, 6.07) is 1.81. The van der Waals surface area contributed by atoms with Crippen LogP contribution in [0.3, 0.4) is 0 Å². The van der Waals surface area contributed by atoms with E-state index >= 15 is 0 Å². The number of aryl methyl sites for hydroxylation is 2. The molecule has 2 heterocycles. The van der Waals surface area contributed by atoms with Crippen molar-refractivity contribution < 1.29 is 18.7 Å². The molecule has 164 valence electrons. The number of halogens is 1. The Kier molecular flexibility index (Phi) is 7.08. The van der Waals surface area contributed by atoms with Crippen molar-refractivity contribution in [2.45, 2.75) is 71.6 Å². The Bertz CT molecular complexity index is 755. The number of likely N-dealkylation sites (tertiary alicyclic amines) is 1. The van der Waals surface area contributed by atoms with E-state index in [9.17, 15) is 9.59 Å². The predicted molar refractivity (Wildman–Crippen MR) is 113 cm³/mol. The van der Waals surface area contributed by atoms with Gasteiger partial charge < -0.3 is 25.1 Å². The van der Waals surface area contributed by atoms with E-state index in [0.29, 0.717) is 37.4 Å². The van der Waals surface area contributed by atoms with Crippen molar-refractivity contribution in [3.63, 3.8) is 0 Å². The van der Waals surface area contributed by atoms with Gasteiger partial charge >= 0.3 is 0 Å². The number of nitrogens with one attached hydrogen (secondary N) is 1. The molecule has 2 amide bonds. The van der Waals surface area contributed by atoms with Crippen LogP contribution >= 0.6 is 12.4 Å². The van der Waals surface area contributed by atoms with E-state index in [0.717, 1.165) is 18.6 Å². The highest BCUT2D eigenvalue weighted by Gasteiger charge is 2.63. The second-order valence-electron chi connectivity index (χ2n) is 8.71. The van der Waals surface area contributed by atoms with Gasteiger partial charge in [-0.3, -0.25) is 9.59 Å². The Morgan fingerprint density at radius 2 is 1.93 bits per heavy atom. The third-order valence-electron chi connectivity index (χ3n) is 6.61. The summed E-state index contributed by atoms with van der Waals surface area (Å²) in [5.74, 6) is 1.24. The monoisotopic (exact) mass is 427 g/mol. The van der Waals surface area contributed by atoms with Crippen LogP contribution in [0.25, 0.3) is 0 Å². The number of piperidine rings is 1. The highest BCUT2D eigenvalue weighted by atomic mass is 35.5. The average molecular weight is 428 g/mol. The number of hydrogen-bond acceptors (Lipinski definition) is 5. The molecule has 7 nitrogen and oxygen atoms in total. The van der Waals surface area contributed by atoms with Gasteiger partial charge in [-0.15, -0.1) is 12.4 Å². The minimum atomic E-state index is -0.881. The SMILES string of the molecule is CCOC1CC(N)(C(=O)N2CCC(NC(=O)c3cc(C)oc3C)CC2)C1(C)C.Cl. The number of carbonyl (C=O) groups is 2. The molecular weight excluding hydrogens is 394 g/mol. The first-order chi connectivity index (χ1) is 13.1. The van der Waals surface area contributed by atoms with Crippen molar-refractivity contribution >= 4 is 24.2 Å². The molecule has 2 aliphatic rings. The van der Waals surface area contributed by atoms with Crippen LogP contribution < -0.4 is 11.1 Å². The molecule has 1 aromatic rings. The van der Waals surface area contributed by atoms with Gasteiger partial charge in [-0.2, -0.15) is 0 Å². The van der Waals surface area contributed by atoms with Crippen molar-refractivity contribution in [3.8, 4) is 0 Å².